The van der Waals surface area contributed by atoms with E-state index in [1.165, 1.54) is 11.1 Å². The SMILES string of the molecule is Cc1ccc(C)c(CC(=O)N(C)CCBr)c1. The van der Waals surface area contributed by atoms with E-state index in [-0.39, 0.29) is 5.91 Å². The van der Waals surface area contributed by atoms with E-state index in [2.05, 4.69) is 41.1 Å². The van der Waals surface area contributed by atoms with Gasteiger partial charge in [0.1, 0.15) is 0 Å². The van der Waals surface area contributed by atoms with Gasteiger partial charge in [0.25, 0.3) is 0 Å². The highest BCUT2D eigenvalue weighted by molar-refractivity contribution is 9.09. The Morgan fingerprint density at radius 3 is 2.69 bits per heavy atom. The predicted octanol–water partition coefficient (Wildman–Crippen LogP) is 2.70. The summed E-state index contributed by atoms with van der Waals surface area (Å²) in [4.78, 5) is 13.6. The Bertz CT molecular complexity index is 376. The van der Waals surface area contributed by atoms with Crippen molar-refractivity contribution < 1.29 is 4.79 Å². The fourth-order valence-corrected chi connectivity index (χ4v) is 2.07. The van der Waals surface area contributed by atoms with E-state index in [0.717, 1.165) is 17.4 Å². The molecule has 1 aromatic rings. The fraction of sp³-hybridized carbons (Fsp3) is 0.462. The van der Waals surface area contributed by atoms with Crippen LogP contribution in [0.25, 0.3) is 0 Å². The Morgan fingerprint density at radius 1 is 1.38 bits per heavy atom. The number of hydrogen-bond acceptors (Lipinski definition) is 1. The van der Waals surface area contributed by atoms with Crippen LogP contribution in [0.2, 0.25) is 0 Å². The van der Waals surface area contributed by atoms with Gasteiger partial charge in [-0.15, -0.1) is 0 Å². The van der Waals surface area contributed by atoms with E-state index >= 15 is 0 Å². The molecule has 2 nitrogen and oxygen atoms in total. The molecule has 0 heterocycles. The van der Waals surface area contributed by atoms with E-state index in [1.807, 2.05) is 14.0 Å². The minimum atomic E-state index is 0.174. The summed E-state index contributed by atoms with van der Waals surface area (Å²) in [6.45, 7) is 4.85. The average molecular weight is 284 g/mol. The first-order valence-corrected chi connectivity index (χ1v) is 6.53. The molecular formula is C13H18BrNO. The number of carbonyl (C=O) groups is 1. The lowest BCUT2D eigenvalue weighted by Crippen LogP contribution is -2.30. The first kappa shape index (κ1) is 13.2. The van der Waals surface area contributed by atoms with Gasteiger partial charge in [0.2, 0.25) is 5.91 Å². The number of hydrogen-bond donors (Lipinski definition) is 0. The molecule has 0 aliphatic rings. The van der Waals surface area contributed by atoms with Gasteiger partial charge in [-0.05, 0) is 25.0 Å². The number of halogens is 1. The lowest BCUT2D eigenvalue weighted by molar-refractivity contribution is -0.128. The van der Waals surface area contributed by atoms with E-state index in [9.17, 15) is 4.79 Å². The molecule has 1 aromatic carbocycles. The van der Waals surface area contributed by atoms with Crippen molar-refractivity contribution in [1.82, 2.24) is 4.90 Å². The van der Waals surface area contributed by atoms with Gasteiger partial charge in [-0.2, -0.15) is 0 Å². The highest BCUT2D eigenvalue weighted by Gasteiger charge is 2.10. The van der Waals surface area contributed by atoms with Gasteiger partial charge in [-0.25, -0.2) is 0 Å². The Hall–Kier alpha value is -0.830. The van der Waals surface area contributed by atoms with Crippen molar-refractivity contribution in [2.45, 2.75) is 20.3 Å². The summed E-state index contributed by atoms with van der Waals surface area (Å²) in [6, 6.07) is 6.24. The largest absolute Gasteiger partial charge is 0.345 e. The first-order valence-electron chi connectivity index (χ1n) is 5.40. The zero-order valence-electron chi connectivity index (χ0n) is 10.1. The molecule has 0 unspecified atom stereocenters. The quantitative estimate of drug-likeness (QED) is 0.778. The third kappa shape index (κ3) is 3.63. The molecule has 3 heteroatoms. The molecule has 1 amide bonds. The second-order valence-electron chi connectivity index (χ2n) is 4.11. The summed E-state index contributed by atoms with van der Waals surface area (Å²) in [5, 5.41) is 0.821. The minimum Gasteiger partial charge on any atom is -0.345 e. The van der Waals surface area contributed by atoms with Crippen LogP contribution >= 0.6 is 15.9 Å². The highest BCUT2D eigenvalue weighted by atomic mass is 79.9. The second kappa shape index (κ2) is 6.04. The van der Waals surface area contributed by atoms with Gasteiger partial charge in [0, 0.05) is 18.9 Å². The maximum atomic E-state index is 11.9. The number of carbonyl (C=O) groups excluding carboxylic acids is 1. The van der Waals surface area contributed by atoms with Crippen molar-refractivity contribution >= 4 is 21.8 Å². The number of amides is 1. The van der Waals surface area contributed by atoms with Crippen LogP contribution in [0.1, 0.15) is 16.7 Å². The Labute approximate surface area is 106 Å². The van der Waals surface area contributed by atoms with E-state index < -0.39 is 0 Å². The van der Waals surface area contributed by atoms with Gasteiger partial charge in [-0.1, -0.05) is 39.7 Å². The molecule has 1 rings (SSSR count). The molecule has 0 radical (unpaired) electrons. The molecule has 0 fully saturated rings. The monoisotopic (exact) mass is 283 g/mol. The van der Waals surface area contributed by atoms with Crippen LogP contribution in [0.15, 0.2) is 18.2 Å². The zero-order valence-corrected chi connectivity index (χ0v) is 11.7. The zero-order chi connectivity index (χ0) is 12.1. The Kier molecular flexibility index (Phi) is 5.00. The average Bonchev–Trinajstić information content (AvgIpc) is 2.23. The summed E-state index contributed by atoms with van der Waals surface area (Å²) < 4.78 is 0. The number of aryl methyl sites for hydroxylation is 2. The van der Waals surface area contributed by atoms with Crippen molar-refractivity contribution in [2.75, 3.05) is 18.9 Å². The van der Waals surface area contributed by atoms with E-state index in [1.54, 1.807) is 4.90 Å². The van der Waals surface area contributed by atoms with Gasteiger partial charge in [0.15, 0.2) is 0 Å². The van der Waals surface area contributed by atoms with Gasteiger partial charge >= 0.3 is 0 Å². The predicted molar refractivity (Wildman–Crippen MR) is 71.1 cm³/mol. The molecule has 0 atom stereocenters. The molecule has 0 aliphatic carbocycles. The molecule has 0 aliphatic heterocycles. The van der Waals surface area contributed by atoms with Crippen molar-refractivity contribution in [2.24, 2.45) is 0 Å². The van der Waals surface area contributed by atoms with Gasteiger partial charge in [0.05, 0.1) is 6.42 Å². The highest BCUT2D eigenvalue weighted by Crippen LogP contribution is 2.12. The van der Waals surface area contributed by atoms with Gasteiger partial charge < -0.3 is 4.90 Å². The molecule has 0 aromatic heterocycles. The van der Waals surface area contributed by atoms with E-state index in [4.69, 9.17) is 0 Å². The second-order valence-corrected chi connectivity index (χ2v) is 4.90. The third-order valence-electron chi connectivity index (χ3n) is 2.69. The summed E-state index contributed by atoms with van der Waals surface area (Å²) in [5.41, 5.74) is 3.52. The molecule has 0 saturated carbocycles. The lowest BCUT2D eigenvalue weighted by atomic mass is 10.0. The van der Waals surface area contributed by atoms with Crippen molar-refractivity contribution in [3.63, 3.8) is 0 Å². The van der Waals surface area contributed by atoms with Crippen LogP contribution in [-0.2, 0) is 11.2 Å². The van der Waals surface area contributed by atoms with E-state index in [0.29, 0.717) is 6.42 Å². The number of likely N-dealkylation sites (N-methyl/N-ethyl adjacent to an activating group) is 1. The third-order valence-corrected chi connectivity index (χ3v) is 3.05. The summed E-state index contributed by atoms with van der Waals surface area (Å²) in [5.74, 6) is 0.174. The molecule has 0 N–H and O–H groups in total. The number of benzene rings is 1. The minimum absolute atomic E-state index is 0.174. The van der Waals surface area contributed by atoms with Crippen molar-refractivity contribution in [3.8, 4) is 0 Å². The molecule has 0 spiro atoms. The summed E-state index contributed by atoms with van der Waals surface area (Å²) in [6.07, 6.45) is 0.497. The van der Waals surface area contributed by atoms with Crippen LogP contribution in [-0.4, -0.2) is 29.7 Å². The maximum Gasteiger partial charge on any atom is 0.226 e. The number of alkyl halides is 1. The molecule has 88 valence electrons. The molecule has 16 heavy (non-hydrogen) atoms. The van der Waals surface area contributed by atoms with Crippen LogP contribution in [0.5, 0.6) is 0 Å². The van der Waals surface area contributed by atoms with Crippen LogP contribution in [0, 0.1) is 13.8 Å². The van der Waals surface area contributed by atoms with Crippen LogP contribution < -0.4 is 0 Å². The normalized spacial score (nSPS) is 10.2. The summed E-state index contributed by atoms with van der Waals surface area (Å²) >= 11 is 3.34. The Morgan fingerprint density at radius 2 is 2.06 bits per heavy atom. The lowest BCUT2D eigenvalue weighted by Gasteiger charge is -2.16. The fourth-order valence-electron chi connectivity index (χ4n) is 1.54. The molecule has 0 bridgehead atoms. The van der Waals surface area contributed by atoms with Crippen molar-refractivity contribution in [3.05, 3.63) is 34.9 Å². The first-order chi connectivity index (χ1) is 7.54. The van der Waals surface area contributed by atoms with Crippen molar-refractivity contribution in [1.29, 1.82) is 0 Å². The topological polar surface area (TPSA) is 20.3 Å². The smallest absolute Gasteiger partial charge is 0.226 e. The number of nitrogens with zero attached hydrogens (tertiary/aromatic N) is 1. The summed E-state index contributed by atoms with van der Waals surface area (Å²) in [7, 11) is 1.84. The van der Waals surface area contributed by atoms with Gasteiger partial charge in [-0.3, -0.25) is 4.79 Å². The maximum absolute atomic E-state index is 11.9. The van der Waals surface area contributed by atoms with Crippen LogP contribution in [0.4, 0.5) is 0 Å². The Balaban J connectivity index is 2.72. The number of rotatable bonds is 4. The standard InChI is InChI=1S/C13H18BrNO/c1-10-4-5-11(2)12(8-10)9-13(16)15(3)7-6-14/h4-5,8H,6-7,9H2,1-3H3. The van der Waals surface area contributed by atoms with Crippen LogP contribution in [0.3, 0.4) is 0 Å². The molecular weight excluding hydrogens is 266 g/mol. The molecule has 0 saturated heterocycles.